The largest absolute Gasteiger partial charge is 0.306 e. The second-order valence-corrected chi connectivity index (χ2v) is 4.92. The van der Waals surface area contributed by atoms with Gasteiger partial charge < -0.3 is 5.32 Å². The molecular weight excluding hydrogens is 287 g/mol. The Bertz CT molecular complexity index is 616. The first-order valence-electron chi connectivity index (χ1n) is 6.09. The number of hydrogen-bond donors (Lipinski definition) is 1. The molecule has 0 aliphatic rings. The van der Waals surface area contributed by atoms with Gasteiger partial charge in [-0.05, 0) is 42.3 Å². The topological polar surface area (TPSA) is 12.0 Å². The smallest absolute Gasteiger partial charge is 0.159 e. The quantitative estimate of drug-likeness (QED) is 0.869. The van der Waals surface area contributed by atoms with Gasteiger partial charge >= 0.3 is 0 Å². The highest BCUT2D eigenvalue weighted by molar-refractivity contribution is 6.31. The Kier molecular flexibility index (Phi) is 4.68. The van der Waals surface area contributed by atoms with Gasteiger partial charge in [0.1, 0.15) is 5.82 Å². The molecular formula is C15H13ClF3N. The lowest BCUT2D eigenvalue weighted by molar-refractivity contribution is 0.504. The Morgan fingerprint density at radius 3 is 2.45 bits per heavy atom. The van der Waals surface area contributed by atoms with Crippen LogP contribution >= 0.6 is 11.6 Å². The van der Waals surface area contributed by atoms with Crippen molar-refractivity contribution in [2.24, 2.45) is 0 Å². The zero-order chi connectivity index (χ0) is 14.7. The minimum atomic E-state index is -0.878. The molecule has 2 rings (SSSR count). The second kappa shape index (κ2) is 6.29. The molecule has 0 aromatic heterocycles. The van der Waals surface area contributed by atoms with Crippen molar-refractivity contribution in [1.29, 1.82) is 0 Å². The number of nitrogens with one attached hydrogen (secondary N) is 1. The molecule has 0 aliphatic heterocycles. The Morgan fingerprint density at radius 2 is 1.80 bits per heavy atom. The van der Waals surface area contributed by atoms with Crippen molar-refractivity contribution < 1.29 is 13.2 Å². The molecule has 106 valence electrons. The summed E-state index contributed by atoms with van der Waals surface area (Å²) >= 11 is 5.96. The zero-order valence-corrected chi connectivity index (χ0v) is 11.5. The highest BCUT2D eigenvalue weighted by Gasteiger charge is 2.10. The van der Waals surface area contributed by atoms with Gasteiger partial charge in [-0.15, -0.1) is 0 Å². The van der Waals surface area contributed by atoms with Crippen LogP contribution in [0.2, 0.25) is 5.02 Å². The molecule has 1 atom stereocenters. The Hall–Kier alpha value is -1.52. The van der Waals surface area contributed by atoms with E-state index < -0.39 is 17.5 Å². The molecule has 1 N–H and O–H groups in total. The van der Waals surface area contributed by atoms with E-state index >= 15 is 0 Å². The van der Waals surface area contributed by atoms with Crippen LogP contribution in [-0.4, -0.2) is 0 Å². The zero-order valence-electron chi connectivity index (χ0n) is 10.8. The van der Waals surface area contributed by atoms with Gasteiger partial charge in [0.05, 0.1) is 0 Å². The van der Waals surface area contributed by atoms with Crippen LogP contribution in [-0.2, 0) is 6.54 Å². The highest BCUT2D eigenvalue weighted by atomic mass is 35.5. The van der Waals surface area contributed by atoms with E-state index in [0.717, 1.165) is 17.7 Å². The standard InChI is InChI=1S/C15H13ClF3N/c1-9(12-4-3-11(17)7-13(12)16)20-8-10-2-5-14(18)15(19)6-10/h2-7,9,20H,8H2,1H3. The van der Waals surface area contributed by atoms with Gasteiger partial charge in [-0.3, -0.25) is 0 Å². The fourth-order valence-electron chi connectivity index (χ4n) is 1.88. The van der Waals surface area contributed by atoms with Crippen LogP contribution in [0.4, 0.5) is 13.2 Å². The lowest BCUT2D eigenvalue weighted by atomic mass is 10.1. The average Bonchev–Trinajstić information content (AvgIpc) is 2.40. The Balaban J connectivity index is 2.04. The number of benzene rings is 2. The molecule has 0 bridgehead atoms. The van der Waals surface area contributed by atoms with Gasteiger partial charge in [-0.1, -0.05) is 23.7 Å². The first-order valence-corrected chi connectivity index (χ1v) is 6.47. The lowest BCUT2D eigenvalue weighted by Crippen LogP contribution is -2.18. The Labute approximate surface area is 120 Å². The van der Waals surface area contributed by atoms with E-state index in [-0.39, 0.29) is 6.04 Å². The van der Waals surface area contributed by atoms with E-state index in [1.807, 2.05) is 6.92 Å². The van der Waals surface area contributed by atoms with E-state index in [1.54, 1.807) is 6.07 Å². The van der Waals surface area contributed by atoms with Gasteiger partial charge in [0.25, 0.3) is 0 Å². The van der Waals surface area contributed by atoms with E-state index in [2.05, 4.69) is 5.32 Å². The molecule has 5 heteroatoms. The summed E-state index contributed by atoms with van der Waals surface area (Å²) in [4.78, 5) is 0. The van der Waals surface area contributed by atoms with Crippen molar-refractivity contribution in [3.05, 3.63) is 70.0 Å². The summed E-state index contributed by atoms with van der Waals surface area (Å²) in [5.74, 6) is -2.15. The normalized spacial score (nSPS) is 12.4. The molecule has 0 saturated heterocycles. The molecule has 0 spiro atoms. The number of halogens is 4. The first kappa shape index (κ1) is 14.9. The van der Waals surface area contributed by atoms with Crippen LogP contribution in [0.1, 0.15) is 24.1 Å². The maximum atomic E-state index is 13.1. The SMILES string of the molecule is CC(NCc1ccc(F)c(F)c1)c1ccc(F)cc1Cl. The molecule has 0 fully saturated rings. The highest BCUT2D eigenvalue weighted by Crippen LogP contribution is 2.24. The van der Waals surface area contributed by atoms with Crippen LogP contribution in [0, 0.1) is 17.5 Å². The van der Waals surface area contributed by atoms with Gasteiger partial charge in [0.15, 0.2) is 11.6 Å². The van der Waals surface area contributed by atoms with Crippen molar-refractivity contribution in [2.75, 3.05) is 0 Å². The molecule has 0 radical (unpaired) electrons. The van der Waals surface area contributed by atoms with Crippen molar-refractivity contribution in [1.82, 2.24) is 5.32 Å². The van der Waals surface area contributed by atoms with E-state index in [0.29, 0.717) is 17.1 Å². The third kappa shape index (κ3) is 3.52. The summed E-state index contributed by atoms with van der Waals surface area (Å²) in [6.45, 7) is 2.21. The summed E-state index contributed by atoms with van der Waals surface area (Å²) in [5, 5.41) is 3.46. The van der Waals surface area contributed by atoms with Crippen molar-refractivity contribution in [3.8, 4) is 0 Å². The van der Waals surface area contributed by atoms with Crippen molar-refractivity contribution >= 4 is 11.6 Å². The summed E-state index contributed by atoms with van der Waals surface area (Å²) in [6, 6.07) is 7.76. The van der Waals surface area contributed by atoms with Gasteiger partial charge in [0, 0.05) is 17.6 Å². The van der Waals surface area contributed by atoms with Crippen LogP contribution in [0.5, 0.6) is 0 Å². The fraction of sp³-hybridized carbons (Fsp3) is 0.200. The molecule has 0 aliphatic carbocycles. The third-order valence-corrected chi connectivity index (χ3v) is 3.35. The predicted octanol–water partition coefficient (Wildman–Crippen LogP) is 4.61. The first-order chi connectivity index (χ1) is 9.47. The monoisotopic (exact) mass is 299 g/mol. The molecule has 2 aromatic carbocycles. The van der Waals surface area contributed by atoms with Crippen molar-refractivity contribution in [3.63, 3.8) is 0 Å². The molecule has 1 nitrogen and oxygen atoms in total. The van der Waals surface area contributed by atoms with E-state index in [9.17, 15) is 13.2 Å². The molecule has 2 aromatic rings. The molecule has 0 saturated carbocycles. The summed E-state index contributed by atoms with van der Waals surface area (Å²) < 4.78 is 38.8. The van der Waals surface area contributed by atoms with Crippen LogP contribution in [0.25, 0.3) is 0 Å². The van der Waals surface area contributed by atoms with Gasteiger partial charge in [-0.2, -0.15) is 0 Å². The Morgan fingerprint density at radius 1 is 1.05 bits per heavy atom. The molecule has 1 unspecified atom stereocenters. The average molecular weight is 300 g/mol. The minimum absolute atomic E-state index is 0.142. The molecule has 0 heterocycles. The number of hydrogen-bond acceptors (Lipinski definition) is 1. The second-order valence-electron chi connectivity index (χ2n) is 4.52. The summed E-state index contributed by atoms with van der Waals surface area (Å²) in [5.41, 5.74) is 1.37. The van der Waals surface area contributed by atoms with Gasteiger partial charge in [-0.25, -0.2) is 13.2 Å². The molecule has 20 heavy (non-hydrogen) atoms. The maximum absolute atomic E-state index is 13.1. The fourth-order valence-corrected chi connectivity index (χ4v) is 2.21. The van der Waals surface area contributed by atoms with Crippen LogP contribution in [0.15, 0.2) is 36.4 Å². The summed E-state index contributed by atoms with van der Waals surface area (Å²) in [6.07, 6.45) is 0. The summed E-state index contributed by atoms with van der Waals surface area (Å²) in [7, 11) is 0. The van der Waals surface area contributed by atoms with E-state index in [4.69, 9.17) is 11.6 Å². The van der Waals surface area contributed by atoms with E-state index in [1.165, 1.54) is 18.2 Å². The lowest BCUT2D eigenvalue weighted by Gasteiger charge is -2.16. The number of rotatable bonds is 4. The van der Waals surface area contributed by atoms with Crippen LogP contribution < -0.4 is 5.32 Å². The van der Waals surface area contributed by atoms with Crippen LogP contribution in [0.3, 0.4) is 0 Å². The molecule has 0 amide bonds. The minimum Gasteiger partial charge on any atom is -0.306 e. The predicted molar refractivity (Wildman–Crippen MR) is 73.0 cm³/mol. The van der Waals surface area contributed by atoms with Crippen molar-refractivity contribution in [2.45, 2.75) is 19.5 Å². The maximum Gasteiger partial charge on any atom is 0.159 e. The van der Waals surface area contributed by atoms with Gasteiger partial charge in [0.2, 0.25) is 0 Å². The third-order valence-electron chi connectivity index (χ3n) is 3.03.